The van der Waals surface area contributed by atoms with Gasteiger partial charge in [0, 0.05) is 26.4 Å². The molecule has 6 nitrogen and oxygen atoms in total. The van der Waals surface area contributed by atoms with Crippen molar-refractivity contribution in [1.82, 2.24) is 4.90 Å². The van der Waals surface area contributed by atoms with Gasteiger partial charge in [-0.05, 0) is 13.0 Å². The van der Waals surface area contributed by atoms with Gasteiger partial charge >= 0.3 is 11.9 Å². The molecular weight excluding hydrogens is 248 g/mol. The number of ether oxygens (including phenoxy) is 2. The molecule has 19 heavy (non-hydrogen) atoms. The van der Waals surface area contributed by atoms with Gasteiger partial charge in [0.15, 0.2) is 0 Å². The van der Waals surface area contributed by atoms with Crippen LogP contribution >= 0.6 is 0 Å². The summed E-state index contributed by atoms with van der Waals surface area (Å²) in [6.45, 7) is 1.81. The molecule has 0 radical (unpaired) electrons. The van der Waals surface area contributed by atoms with E-state index in [1.165, 1.54) is 12.2 Å². The molecule has 0 atom stereocenters. The van der Waals surface area contributed by atoms with Gasteiger partial charge in [-0.3, -0.25) is 0 Å². The van der Waals surface area contributed by atoms with Crippen molar-refractivity contribution in [3.63, 3.8) is 0 Å². The minimum absolute atomic E-state index is 0.141. The third kappa shape index (κ3) is 4.00. The van der Waals surface area contributed by atoms with E-state index in [1.807, 2.05) is 0 Å². The molecule has 0 saturated carbocycles. The molecule has 0 aromatic heterocycles. The van der Waals surface area contributed by atoms with E-state index < -0.39 is 11.9 Å². The lowest BCUT2D eigenvalue weighted by Gasteiger charge is -2.03. The molecule has 1 rings (SSSR count). The minimum atomic E-state index is -0.744. The first kappa shape index (κ1) is 14.5. The Kier molecular flexibility index (Phi) is 4.89. The summed E-state index contributed by atoms with van der Waals surface area (Å²) in [5.41, 5.74) is 0.129. The summed E-state index contributed by atoms with van der Waals surface area (Å²) in [5, 5.41) is 8.85. The van der Waals surface area contributed by atoms with Gasteiger partial charge in [-0.2, -0.15) is 5.26 Å². The molecule has 0 spiro atoms. The lowest BCUT2D eigenvalue weighted by molar-refractivity contribution is -0.138. The molecule has 0 aliphatic carbocycles. The third-order valence-corrected chi connectivity index (χ3v) is 2.04. The van der Waals surface area contributed by atoms with Crippen molar-refractivity contribution in [2.75, 3.05) is 20.7 Å². The first-order valence-electron chi connectivity index (χ1n) is 5.59. The summed E-state index contributed by atoms with van der Waals surface area (Å²) in [4.78, 5) is 24.6. The van der Waals surface area contributed by atoms with Gasteiger partial charge in [-0.15, -0.1) is 0 Å². The van der Waals surface area contributed by atoms with Gasteiger partial charge in [0.05, 0.1) is 12.2 Å². The van der Waals surface area contributed by atoms with Crippen molar-refractivity contribution in [2.24, 2.45) is 0 Å². The van der Waals surface area contributed by atoms with E-state index in [4.69, 9.17) is 14.7 Å². The van der Waals surface area contributed by atoms with Crippen LogP contribution in [0.2, 0.25) is 0 Å². The number of hydrogen-bond acceptors (Lipinski definition) is 6. The van der Waals surface area contributed by atoms with Gasteiger partial charge in [-0.25, -0.2) is 9.59 Å². The second-order valence-corrected chi connectivity index (χ2v) is 3.87. The number of carbonyl (C=O) groups excluding carboxylic acids is 2. The first-order valence-corrected chi connectivity index (χ1v) is 5.59. The number of allylic oxidation sites excluding steroid dienone is 1. The summed E-state index contributed by atoms with van der Waals surface area (Å²) in [6, 6.07) is 1.71. The van der Waals surface area contributed by atoms with E-state index in [1.54, 1.807) is 38.2 Å². The average Bonchev–Trinajstić information content (AvgIpc) is 2.66. The quantitative estimate of drug-likeness (QED) is 0.425. The lowest BCUT2D eigenvalue weighted by Crippen LogP contribution is -2.07. The molecule has 1 heterocycles. The highest BCUT2D eigenvalue weighted by atomic mass is 16.5. The van der Waals surface area contributed by atoms with Gasteiger partial charge < -0.3 is 14.4 Å². The highest BCUT2D eigenvalue weighted by Gasteiger charge is 2.21. The summed E-state index contributed by atoms with van der Waals surface area (Å²) < 4.78 is 9.63. The van der Waals surface area contributed by atoms with Crippen molar-refractivity contribution in [1.29, 1.82) is 5.26 Å². The zero-order valence-electron chi connectivity index (χ0n) is 11.0. The molecule has 1 aliphatic heterocycles. The fourth-order valence-corrected chi connectivity index (χ4v) is 1.33. The Balaban J connectivity index is 2.96. The highest BCUT2D eigenvalue weighted by molar-refractivity contribution is 5.97. The Morgan fingerprint density at radius 3 is 2.79 bits per heavy atom. The number of rotatable bonds is 4. The van der Waals surface area contributed by atoms with E-state index in [9.17, 15) is 9.59 Å². The third-order valence-electron chi connectivity index (χ3n) is 2.04. The van der Waals surface area contributed by atoms with Crippen LogP contribution in [0.1, 0.15) is 6.92 Å². The molecule has 0 bridgehead atoms. The minimum Gasteiger partial charge on any atom is -0.462 e. The molecule has 0 aromatic rings. The number of carbonyl (C=O) groups is 2. The zero-order valence-corrected chi connectivity index (χ0v) is 11.0. The monoisotopic (exact) mass is 262 g/mol. The Labute approximate surface area is 111 Å². The van der Waals surface area contributed by atoms with Crippen molar-refractivity contribution in [3.8, 4) is 6.07 Å². The topological polar surface area (TPSA) is 79.6 Å². The first-order chi connectivity index (χ1) is 8.97. The van der Waals surface area contributed by atoms with Crippen molar-refractivity contribution in [3.05, 3.63) is 35.3 Å². The van der Waals surface area contributed by atoms with Gasteiger partial charge in [0.25, 0.3) is 0 Å². The van der Waals surface area contributed by atoms with Crippen LogP contribution in [0, 0.1) is 11.3 Å². The second-order valence-electron chi connectivity index (χ2n) is 3.87. The fraction of sp³-hybridized carbons (Fsp3) is 0.308. The Hall–Kier alpha value is -2.55. The number of cyclic esters (lactones) is 1. The summed E-state index contributed by atoms with van der Waals surface area (Å²) in [6.07, 6.45) is 4.23. The molecule has 0 unspecified atom stereocenters. The zero-order chi connectivity index (χ0) is 14.4. The lowest BCUT2D eigenvalue weighted by atomic mass is 10.2. The highest BCUT2D eigenvalue weighted by Crippen LogP contribution is 2.19. The summed E-state index contributed by atoms with van der Waals surface area (Å²) in [5.74, 6) is -1.13. The summed E-state index contributed by atoms with van der Waals surface area (Å²) >= 11 is 0. The molecule has 1 aliphatic rings. The van der Waals surface area contributed by atoms with Crippen molar-refractivity contribution >= 4 is 11.9 Å². The molecular formula is C13H14N2O4. The van der Waals surface area contributed by atoms with Gasteiger partial charge in [-0.1, -0.05) is 0 Å². The van der Waals surface area contributed by atoms with Crippen LogP contribution in [-0.4, -0.2) is 37.5 Å². The Morgan fingerprint density at radius 1 is 1.58 bits per heavy atom. The molecule has 0 fully saturated rings. The summed E-state index contributed by atoms with van der Waals surface area (Å²) in [7, 11) is 3.53. The number of esters is 2. The number of hydrogen-bond donors (Lipinski definition) is 0. The standard InChI is InChI=1S/C13H14N2O4/c1-4-18-12(16)9(7-14)5-11-6-10(8-15(2)3)13(17)19-11/h5-6,8H,4H2,1-3H3/b9-5?,10-8-. The van der Waals surface area contributed by atoms with Crippen LogP contribution in [0.15, 0.2) is 35.3 Å². The van der Waals surface area contributed by atoms with Gasteiger partial charge in [0.1, 0.15) is 17.4 Å². The van der Waals surface area contributed by atoms with Crippen LogP contribution in [-0.2, 0) is 19.1 Å². The number of nitriles is 1. The molecule has 0 aromatic carbocycles. The average molecular weight is 262 g/mol. The van der Waals surface area contributed by atoms with Crippen LogP contribution < -0.4 is 0 Å². The Morgan fingerprint density at radius 2 is 2.26 bits per heavy atom. The second kappa shape index (κ2) is 6.40. The van der Waals surface area contributed by atoms with Crippen LogP contribution in [0.25, 0.3) is 0 Å². The van der Waals surface area contributed by atoms with E-state index in [-0.39, 0.29) is 17.9 Å². The number of nitrogens with zero attached hydrogens (tertiary/aromatic N) is 2. The van der Waals surface area contributed by atoms with Crippen LogP contribution in [0.4, 0.5) is 0 Å². The van der Waals surface area contributed by atoms with Crippen LogP contribution in [0.5, 0.6) is 0 Å². The van der Waals surface area contributed by atoms with E-state index >= 15 is 0 Å². The fourth-order valence-electron chi connectivity index (χ4n) is 1.33. The maximum atomic E-state index is 11.5. The maximum Gasteiger partial charge on any atom is 0.349 e. The smallest absolute Gasteiger partial charge is 0.349 e. The van der Waals surface area contributed by atoms with Crippen LogP contribution in [0.3, 0.4) is 0 Å². The van der Waals surface area contributed by atoms with E-state index in [0.29, 0.717) is 5.57 Å². The van der Waals surface area contributed by atoms with E-state index in [0.717, 1.165) is 0 Å². The molecule has 6 heteroatoms. The predicted octanol–water partition coefficient (Wildman–Crippen LogP) is 0.886. The molecule has 0 amide bonds. The van der Waals surface area contributed by atoms with Gasteiger partial charge in [0.2, 0.25) is 0 Å². The Bertz CT molecular complexity index is 521. The van der Waals surface area contributed by atoms with Crippen molar-refractivity contribution in [2.45, 2.75) is 6.92 Å². The SMILES string of the molecule is CCOC(=O)C(C#N)=CC1=C/C(=C/N(C)C)C(=O)O1. The molecule has 100 valence electrons. The maximum absolute atomic E-state index is 11.5. The normalized spacial score (nSPS) is 16.7. The molecule has 0 saturated heterocycles. The largest absolute Gasteiger partial charge is 0.462 e. The van der Waals surface area contributed by atoms with Crippen molar-refractivity contribution < 1.29 is 19.1 Å². The predicted molar refractivity (Wildman–Crippen MR) is 66.3 cm³/mol. The van der Waals surface area contributed by atoms with E-state index in [2.05, 4.69) is 0 Å². The molecule has 0 N–H and O–H groups in total.